The van der Waals surface area contributed by atoms with E-state index in [2.05, 4.69) is 27.8 Å². The number of allylic oxidation sites excluding steroid dienone is 1. The summed E-state index contributed by atoms with van der Waals surface area (Å²) in [5.74, 6) is 3.77. The average molecular weight is 479 g/mol. The molecule has 2 rings (SSSR count). The Kier molecular flexibility index (Phi) is 9.03. The summed E-state index contributed by atoms with van der Waals surface area (Å²) < 4.78 is 38.0. The van der Waals surface area contributed by atoms with E-state index in [1.807, 2.05) is 0 Å². The molecule has 1 atom stereocenters. The van der Waals surface area contributed by atoms with Gasteiger partial charge in [0.15, 0.2) is 6.10 Å². The molecule has 0 fully saturated rings. The third-order valence-electron chi connectivity index (χ3n) is 3.96. The van der Waals surface area contributed by atoms with E-state index in [9.17, 15) is 18.7 Å². The summed E-state index contributed by atoms with van der Waals surface area (Å²) in [5, 5.41) is 9.19. The third kappa shape index (κ3) is 7.62. The summed E-state index contributed by atoms with van der Waals surface area (Å²) in [6.07, 6.45) is 1.10. The highest BCUT2D eigenvalue weighted by atomic mass is 79.9. The smallest absolute Gasteiger partial charge is 0.333 e. The van der Waals surface area contributed by atoms with Crippen molar-refractivity contribution in [3.63, 3.8) is 0 Å². The number of carboxylic acid groups (broad SMARTS) is 1. The van der Waals surface area contributed by atoms with E-state index < -0.39 is 23.7 Å². The summed E-state index contributed by atoms with van der Waals surface area (Å²) in [4.78, 5) is 11.2. The van der Waals surface area contributed by atoms with Crippen molar-refractivity contribution in [3.8, 4) is 17.6 Å². The van der Waals surface area contributed by atoms with Crippen LogP contribution in [0.1, 0.15) is 25.0 Å². The first kappa shape index (κ1) is 23.6. The molecule has 0 bridgehead atoms. The molecule has 158 valence electrons. The Labute approximate surface area is 182 Å². The fourth-order valence-corrected chi connectivity index (χ4v) is 3.07. The maximum absolute atomic E-state index is 13.2. The van der Waals surface area contributed by atoms with E-state index in [0.717, 1.165) is 11.6 Å². The fourth-order valence-electron chi connectivity index (χ4n) is 2.53. The van der Waals surface area contributed by atoms with Crippen molar-refractivity contribution >= 4 is 21.9 Å². The monoisotopic (exact) mass is 478 g/mol. The molecule has 0 aliphatic heterocycles. The maximum Gasteiger partial charge on any atom is 0.333 e. The molecule has 0 heterocycles. The Hall–Kier alpha value is -2.69. The molecule has 1 N–H and O–H groups in total. The minimum Gasteiger partial charge on any atom is -0.488 e. The van der Waals surface area contributed by atoms with Crippen molar-refractivity contribution in [2.24, 2.45) is 0 Å². The van der Waals surface area contributed by atoms with Crippen LogP contribution in [-0.2, 0) is 16.0 Å². The van der Waals surface area contributed by atoms with E-state index in [-0.39, 0.29) is 18.6 Å². The Morgan fingerprint density at radius 3 is 2.53 bits per heavy atom. The number of aliphatic carboxylic acids is 1. The first-order chi connectivity index (χ1) is 14.3. The van der Waals surface area contributed by atoms with Gasteiger partial charge in [0.05, 0.1) is 4.47 Å². The molecule has 0 amide bonds. The van der Waals surface area contributed by atoms with E-state index in [1.54, 1.807) is 38.1 Å². The SMILES string of the molecule is CCO[C@@H](Cc1ccc(OCC=C(C)C#Cc2cc(F)cc(F)c2)c(Br)c1)C(=O)O. The van der Waals surface area contributed by atoms with Gasteiger partial charge in [0.25, 0.3) is 0 Å². The lowest BCUT2D eigenvalue weighted by atomic mass is 10.1. The maximum atomic E-state index is 13.2. The average Bonchev–Trinajstić information content (AvgIpc) is 2.67. The third-order valence-corrected chi connectivity index (χ3v) is 4.58. The zero-order chi connectivity index (χ0) is 22.1. The van der Waals surface area contributed by atoms with Crippen molar-refractivity contribution in [1.29, 1.82) is 0 Å². The number of hydrogen-bond donors (Lipinski definition) is 1. The van der Waals surface area contributed by atoms with Crippen LogP contribution >= 0.6 is 15.9 Å². The standard InChI is InChI=1S/C23H21BrF2O4/c1-3-29-22(23(27)28)13-17-6-7-21(20(24)12-17)30-9-8-15(2)4-5-16-10-18(25)14-19(26)11-16/h6-8,10-12,14,22H,3,9,13H2,1-2H3,(H,27,28)/t22-/m0/s1. The Morgan fingerprint density at radius 2 is 1.93 bits per heavy atom. The summed E-state index contributed by atoms with van der Waals surface area (Å²) >= 11 is 3.42. The summed E-state index contributed by atoms with van der Waals surface area (Å²) in [6, 6.07) is 8.44. The summed E-state index contributed by atoms with van der Waals surface area (Å²) in [7, 11) is 0. The van der Waals surface area contributed by atoms with Gasteiger partial charge in [-0.3, -0.25) is 0 Å². The van der Waals surface area contributed by atoms with Crippen LogP contribution in [0.4, 0.5) is 8.78 Å². The minimum absolute atomic E-state index is 0.243. The lowest BCUT2D eigenvalue weighted by Crippen LogP contribution is -2.26. The second-order valence-corrected chi connectivity index (χ2v) is 7.21. The van der Waals surface area contributed by atoms with Crippen molar-refractivity contribution < 1.29 is 28.2 Å². The van der Waals surface area contributed by atoms with Gasteiger partial charge in [-0.2, -0.15) is 0 Å². The second-order valence-electron chi connectivity index (χ2n) is 6.36. The van der Waals surface area contributed by atoms with Crippen LogP contribution in [0.15, 0.2) is 52.5 Å². The van der Waals surface area contributed by atoms with E-state index in [1.165, 1.54) is 12.1 Å². The molecule has 0 radical (unpaired) electrons. The number of carboxylic acids is 1. The minimum atomic E-state index is -1.00. The second kappa shape index (κ2) is 11.5. The van der Waals surface area contributed by atoms with E-state index in [4.69, 9.17) is 9.47 Å². The largest absolute Gasteiger partial charge is 0.488 e. The summed E-state index contributed by atoms with van der Waals surface area (Å²) in [5.41, 5.74) is 1.75. The number of hydrogen-bond acceptors (Lipinski definition) is 3. The molecule has 30 heavy (non-hydrogen) atoms. The van der Waals surface area contributed by atoms with Crippen LogP contribution in [0.2, 0.25) is 0 Å². The van der Waals surface area contributed by atoms with Gasteiger partial charge in [-0.25, -0.2) is 13.6 Å². The molecular weight excluding hydrogens is 458 g/mol. The zero-order valence-electron chi connectivity index (χ0n) is 16.5. The van der Waals surface area contributed by atoms with Crippen LogP contribution in [-0.4, -0.2) is 30.4 Å². The van der Waals surface area contributed by atoms with Gasteiger partial charge in [0.1, 0.15) is 24.0 Å². The zero-order valence-corrected chi connectivity index (χ0v) is 18.1. The highest BCUT2D eigenvalue weighted by Crippen LogP contribution is 2.27. The van der Waals surface area contributed by atoms with Crippen LogP contribution < -0.4 is 4.74 Å². The predicted octanol–water partition coefficient (Wildman–Crippen LogP) is 5.14. The molecule has 2 aromatic rings. The normalized spacial score (nSPS) is 12.1. The van der Waals surface area contributed by atoms with Gasteiger partial charge in [-0.1, -0.05) is 17.9 Å². The van der Waals surface area contributed by atoms with Crippen LogP contribution in [0.3, 0.4) is 0 Å². The predicted molar refractivity (Wildman–Crippen MR) is 113 cm³/mol. The van der Waals surface area contributed by atoms with Gasteiger partial charge in [-0.15, -0.1) is 0 Å². The van der Waals surface area contributed by atoms with Gasteiger partial charge in [0, 0.05) is 24.7 Å². The van der Waals surface area contributed by atoms with Crippen molar-refractivity contribution in [2.75, 3.05) is 13.2 Å². The lowest BCUT2D eigenvalue weighted by molar-refractivity contribution is -0.149. The Bertz CT molecular complexity index is 972. The van der Waals surface area contributed by atoms with Gasteiger partial charge < -0.3 is 14.6 Å². The molecule has 0 aromatic heterocycles. The van der Waals surface area contributed by atoms with Crippen LogP contribution in [0, 0.1) is 23.5 Å². The topological polar surface area (TPSA) is 55.8 Å². The Balaban J connectivity index is 1.97. The van der Waals surface area contributed by atoms with Crippen molar-refractivity contribution in [1.82, 2.24) is 0 Å². The molecule has 0 aliphatic carbocycles. The lowest BCUT2D eigenvalue weighted by Gasteiger charge is -2.13. The highest BCUT2D eigenvalue weighted by Gasteiger charge is 2.18. The van der Waals surface area contributed by atoms with E-state index >= 15 is 0 Å². The molecule has 0 spiro atoms. The van der Waals surface area contributed by atoms with Crippen molar-refractivity contribution in [3.05, 3.63) is 75.3 Å². The number of benzene rings is 2. The fraction of sp³-hybridized carbons (Fsp3) is 0.261. The quantitative estimate of drug-likeness (QED) is 0.533. The van der Waals surface area contributed by atoms with Gasteiger partial charge >= 0.3 is 5.97 Å². The first-order valence-electron chi connectivity index (χ1n) is 9.19. The molecule has 4 nitrogen and oxygen atoms in total. The molecule has 0 saturated carbocycles. The van der Waals surface area contributed by atoms with Gasteiger partial charge in [0.2, 0.25) is 0 Å². The number of rotatable bonds is 8. The molecular formula is C23H21BrF2O4. The number of carbonyl (C=O) groups is 1. The Morgan fingerprint density at radius 1 is 1.23 bits per heavy atom. The molecule has 0 unspecified atom stereocenters. The van der Waals surface area contributed by atoms with Crippen LogP contribution in [0.5, 0.6) is 5.75 Å². The first-order valence-corrected chi connectivity index (χ1v) is 9.98. The van der Waals surface area contributed by atoms with Gasteiger partial charge in [-0.05, 0) is 71.3 Å². The highest BCUT2D eigenvalue weighted by molar-refractivity contribution is 9.10. The summed E-state index contributed by atoms with van der Waals surface area (Å²) in [6.45, 7) is 4.08. The van der Waals surface area contributed by atoms with Crippen LogP contribution in [0.25, 0.3) is 0 Å². The van der Waals surface area contributed by atoms with E-state index in [0.29, 0.717) is 22.4 Å². The molecule has 7 heteroatoms. The number of ether oxygens (including phenoxy) is 2. The van der Waals surface area contributed by atoms with Crippen molar-refractivity contribution in [2.45, 2.75) is 26.4 Å². The molecule has 0 aliphatic rings. The molecule has 0 saturated heterocycles. The number of halogens is 3. The molecule has 2 aromatic carbocycles.